The molecular weight excluding hydrogens is 329 g/mol. The SMILES string of the molecule is O=c1n(C2C3CC4CC(C3)CC2C4)cc(CC(F)(F)F)n1CC1CC1. The van der Waals surface area contributed by atoms with E-state index in [1.807, 2.05) is 0 Å². The van der Waals surface area contributed by atoms with E-state index >= 15 is 0 Å². The van der Waals surface area contributed by atoms with Gasteiger partial charge >= 0.3 is 11.9 Å². The minimum atomic E-state index is -4.27. The van der Waals surface area contributed by atoms with Gasteiger partial charge in [-0.25, -0.2) is 4.79 Å². The average Bonchev–Trinajstić information content (AvgIpc) is 3.27. The van der Waals surface area contributed by atoms with E-state index in [-0.39, 0.29) is 17.4 Å². The fourth-order valence-corrected chi connectivity index (χ4v) is 6.21. The van der Waals surface area contributed by atoms with Crippen molar-refractivity contribution in [3.63, 3.8) is 0 Å². The summed E-state index contributed by atoms with van der Waals surface area (Å²) in [6.07, 6.45) is 4.32. The van der Waals surface area contributed by atoms with Crippen LogP contribution in [0.1, 0.15) is 56.7 Å². The maximum Gasteiger partial charge on any atom is 0.394 e. The third-order valence-corrected chi connectivity index (χ3v) is 7.10. The second-order valence-corrected chi connectivity index (χ2v) is 9.08. The maximum atomic E-state index is 13.0. The molecule has 0 unspecified atom stereocenters. The molecule has 5 aliphatic rings. The van der Waals surface area contributed by atoms with E-state index in [2.05, 4.69) is 0 Å². The molecule has 0 atom stereocenters. The number of halogens is 3. The number of alkyl halides is 3. The van der Waals surface area contributed by atoms with Crippen LogP contribution in [-0.2, 0) is 13.0 Å². The largest absolute Gasteiger partial charge is 0.394 e. The summed E-state index contributed by atoms with van der Waals surface area (Å²) in [7, 11) is 0. The summed E-state index contributed by atoms with van der Waals surface area (Å²) >= 11 is 0. The van der Waals surface area contributed by atoms with E-state index in [0.29, 0.717) is 24.3 Å². The fraction of sp³-hybridized carbons (Fsp3) is 0.842. The number of aromatic nitrogens is 2. The molecule has 5 saturated carbocycles. The molecule has 6 heteroatoms. The van der Waals surface area contributed by atoms with Crippen molar-refractivity contribution in [2.45, 2.75) is 70.1 Å². The van der Waals surface area contributed by atoms with Crippen LogP contribution in [-0.4, -0.2) is 15.3 Å². The zero-order chi connectivity index (χ0) is 17.3. The Balaban J connectivity index is 1.51. The standard InChI is InChI=1S/C19H25F3N2O/c20-19(21,22)8-16-10-24(18(25)23(16)9-11-1-2-11)17-14-4-12-3-13(6-14)7-15(17)5-12/h10-15,17H,1-9H2. The molecule has 0 aromatic carbocycles. The molecular formula is C19H25F3N2O. The van der Waals surface area contributed by atoms with Crippen molar-refractivity contribution in [2.75, 3.05) is 0 Å². The van der Waals surface area contributed by atoms with Gasteiger partial charge in [-0.05, 0) is 74.5 Å². The first-order chi connectivity index (χ1) is 11.9. The lowest BCUT2D eigenvalue weighted by Crippen LogP contribution is -2.48. The summed E-state index contributed by atoms with van der Waals surface area (Å²) < 4.78 is 42.2. The lowest BCUT2D eigenvalue weighted by atomic mass is 9.54. The molecule has 6 rings (SSSR count). The summed E-state index contributed by atoms with van der Waals surface area (Å²) in [5.41, 5.74) is -0.0261. The van der Waals surface area contributed by atoms with Crippen LogP contribution in [0.25, 0.3) is 0 Å². The van der Waals surface area contributed by atoms with Crippen LogP contribution in [0.3, 0.4) is 0 Å². The number of hydrogen-bond acceptors (Lipinski definition) is 1. The topological polar surface area (TPSA) is 26.9 Å². The third kappa shape index (κ3) is 2.85. The van der Waals surface area contributed by atoms with Gasteiger partial charge < -0.3 is 0 Å². The van der Waals surface area contributed by atoms with Crippen molar-refractivity contribution < 1.29 is 13.2 Å². The Morgan fingerprint density at radius 2 is 1.60 bits per heavy atom. The molecule has 0 aliphatic heterocycles. The number of imidazole rings is 1. The molecule has 1 aromatic heterocycles. The summed E-state index contributed by atoms with van der Waals surface area (Å²) in [4.78, 5) is 13.0. The van der Waals surface area contributed by atoms with Gasteiger partial charge in [-0.15, -0.1) is 0 Å². The Morgan fingerprint density at radius 1 is 1.00 bits per heavy atom. The molecule has 0 amide bonds. The van der Waals surface area contributed by atoms with Crippen molar-refractivity contribution in [1.29, 1.82) is 0 Å². The predicted octanol–water partition coefficient (Wildman–Crippen LogP) is 4.16. The van der Waals surface area contributed by atoms with E-state index in [9.17, 15) is 18.0 Å². The Kier molecular flexibility index (Phi) is 3.46. The van der Waals surface area contributed by atoms with Crippen LogP contribution in [0.4, 0.5) is 13.2 Å². The van der Waals surface area contributed by atoms with Crippen LogP contribution in [0.5, 0.6) is 0 Å². The molecule has 4 bridgehead atoms. The minimum absolute atomic E-state index is 0.132. The number of hydrogen-bond donors (Lipinski definition) is 0. The molecule has 138 valence electrons. The van der Waals surface area contributed by atoms with Gasteiger partial charge in [0.15, 0.2) is 0 Å². The highest BCUT2D eigenvalue weighted by atomic mass is 19.4. The van der Waals surface area contributed by atoms with Crippen molar-refractivity contribution in [1.82, 2.24) is 9.13 Å². The van der Waals surface area contributed by atoms with E-state index in [0.717, 1.165) is 50.4 Å². The van der Waals surface area contributed by atoms with E-state index in [1.54, 1.807) is 10.8 Å². The minimum Gasteiger partial charge on any atom is -0.296 e. The van der Waals surface area contributed by atoms with Gasteiger partial charge in [-0.3, -0.25) is 9.13 Å². The summed E-state index contributed by atoms with van der Waals surface area (Å²) in [6, 6.07) is 0.132. The van der Waals surface area contributed by atoms with Gasteiger partial charge in [0, 0.05) is 24.5 Å². The second kappa shape index (κ2) is 5.40. The van der Waals surface area contributed by atoms with Gasteiger partial charge in [-0.2, -0.15) is 13.2 Å². The first-order valence-corrected chi connectivity index (χ1v) is 9.74. The molecule has 5 fully saturated rings. The normalized spacial score (nSPS) is 37.0. The molecule has 0 saturated heterocycles. The van der Waals surface area contributed by atoms with Crippen LogP contribution in [0.15, 0.2) is 11.0 Å². The van der Waals surface area contributed by atoms with Crippen molar-refractivity contribution in [3.05, 3.63) is 22.4 Å². The Hall–Kier alpha value is -1.20. The number of nitrogens with zero attached hydrogens (tertiary/aromatic N) is 2. The van der Waals surface area contributed by atoms with Crippen LogP contribution in [0.2, 0.25) is 0 Å². The molecule has 5 aliphatic carbocycles. The molecule has 0 N–H and O–H groups in total. The number of rotatable bonds is 4. The predicted molar refractivity (Wildman–Crippen MR) is 87.3 cm³/mol. The molecule has 25 heavy (non-hydrogen) atoms. The molecule has 3 nitrogen and oxygen atoms in total. The first kappa shape index (κ1) is 16.0. The summed E-state index contributed by atoms with van der Waals surface area (Å²) in [6.45, 7) is 0.463. The smallest absolute Gasteiger partial charge is 0.296 e. The van der Waals surface area contributed by atoms with Crippen molar-refractivity contribution in [3.8, 4) is 0 Å². The van der Waals surface area contributed by atoms with Gasteiger partial charge in [0.25, 0.3) is 0 Å². The molecule has 0 spiro atoms. The highest BCUT2D eigenvalue weighted by Crippen LogP contribution is 2.58. The zero-order valence-corrected chi connectivity index (χ0v) is 14.3. The molecule has 1 heterocycles. The van der Waals surface area contributed by atoms with E-state index in [4.69, 9.17) is 0 Å². The van der Waals surface area contributed by atoms with E-state index in [1.165, 1.54) is 11.0 Å². The quantitative estimate of drug-likeness (QED) is 0.797. The van der Waals surface area contributed by atoms with Gasteiger partial charge in [0.1, 0.15) is 0 Å². The van der Waals surface area contributed by atoms with E-state index < -0.39 is 12.6 Å². The van der Waals surface area contributed by atoms with Crippen molar-refractivity contribution in [2.24, 2.45) is 29.6 Å². The zero-order valence-electron chi connectivity index (χ0n) is 14.3. The molecule has 1 aromatic rings. The van der Waals surface area contributed by atoms with Crippen LogP contribution in [0, 0.1) is 29.6 Å². The highest BCUT2D eigenvalue weighted by molar-refractivity contribution is 5.09. The lowest BCUT2D eigenvalue weighted by Gasteiger charge is -2.54. The average molecular weight is 354 g/mol. The van der Waals surface area contributed by atoms with Crippen molar-refractivity contribution >= 4 is 0 Å². The van der Waals surface area contributed by atoms with Crippen LogP contribution < -0.4 is 5.69 Å². The third-order valence-electron chi connectivity index (χ3n) is 7.10. The highest BCUT2D eigenvalue weighted by Gasteiger charge is 2.49. The Bertz CT molecular complexity index is 700. The second-order valence-electron chi connectivity index (χ2n) is 9.08. The summed E-state index contributed by atoms with van der Waals surface area (Å²) in [5, 5.41) is 0. The first-order valence-electron chi connectivity index (χ1n) is 9.74. The Labute approximate surface area is 145 Å². The summed E-state index contributed by atoms with van der Waals surface area (Å²) in [5.74, 6) is 2.95. The van der Waals surface area contributed by atoms with Crippen LogP contribution >= 0.6 is 0 Å². The monoisotopic (exact) mass is 354 g/mol. The van der Waals surface area contributed by atoms with Gasteiger partial charge in [-0.1, -0.05) is 0 Å². The van der Waals surface area contributed by atoms with Gasteiger partial charge in [0.2, 0.25) is 0 Å². The molecule has 0 radical (unpaired) electrons. The van der Waals surface area contributed by atoms with Gasteiger partial charge in [0.05, 0.1) is 6.42 Å². The Morgan fingerprint density at radius 3 is 2.12 bits per heavy atom. The maximum absolute atomic E-state index is 13.0. The fourth-order valence-electron chi connectivity index (χ4n) is 6.21. The lowest BCUT2D eigenvalue weighted by molar-refractivity contribution is -0.128.